The number of carbonyl (C=O) groups excluding carboxylic acids is 1. The van der Waals surface area contributed by atoms with E-state index in [1.807, 2.05) is 0 Å². The fourth-order valence-corrected chi connectivity index (χ4v) is 2.35. The van der Waals surface area contributed by atoms with Gasteiger partial charge in [-0.1, -0.05) is 12.1 Å². The molecule has 0 aliphatic rings. The molecule has 2 aromatic carbocycles. The summed E-state index contributed by atoms with van der Waals surface area (Å²) in [7, 11) is 4.37. The van der Waals surface area contributed by atoms with Crippen LogP contribution in [0.3, 0.4) is 0 Å². The van der Waals surface area contributed by atoms with Crippen molar-refractivity contribution < 1.29 is 36.9 Å². The van der Waals surface area contributed by atoms with E-state index >= 15 is 0 Å². The number of carbonyl (C=O) groups is 1. The van der Waals surface area contributed by atoms with E-state index in [1.165, 1.54) is 33.5 Å². The molecule has 0 atom stereocenters. The van der Waals surface area contributed by atoms with Crippen molar-refractivity contribution in [2.24, 2.45) is 0 Å². The average molecular weight is 385 g/mol. The number of hydrogen-bond donors (Lipinski definition) is 1. The molecule has 1 N–H and O–H groups in total. The minimum absolute atomic E-state index is 0.0387. The quantitative estimate of drug-likeness (QED) is 0.786. The van der Waals surface area contributed by atoms with Crippen molar-refractivity contribution in [1.82, 2.24) is 0 Å². The first kappa shape index (κ1) is 20.2. The van der Waals surface area contributed by atoms with Crippen molar-refractivity contribution in [2.75, 3.05) is 26.6 Å². The first-order valence-corrected chi connectivity index (χ1v) is 7.70. The number of rotatable bonds is 7. The number of hydrogen-bond acceptors (Lipinski definition) is 5. The zero-order valence-electron chi connectivity index (χ0n) is 14.8. The third kappa shape index (κ3) is 5.70. The minimum Gasteiger partial charge on any atom is -0.493 e. The summed E-state index contributed by atoms with van der Waals surface area (Å²) in [5, 5.41) is 2.68. The molecule has 0 spiro atoms. The summed E-state index contributed by atoms with van der Waals surface area (Å²) in [4.78, 5) is 12.2. The van der Waals surface area contributed by atoms with Crippen molar-refractivity contribution in [3.8, 4) is 23.0 Å². The molecule has 0 bridgehead atoms. The van der Waals surface area contributed by atoms with Gasteiger partial charge in [0.1, 0.15) is 5.75 Å². The number of anilines is 1. The molecule has 146 valence electrons. The highest BCUT2D eigenvalue weighted by Crippen LogP contribution is 2.39. The van der Waals surface area contributed by atoms with Crippen LogP contribution >= 0.6 is 0 Å². The van der Waals surface area contributed by atoms with Gasteiger partial charge in [-0.2, -0.15) is 0 Å². The topological polar surface area (TPSA) is 66.0 Å². The number of ether oxygens (including phenoxy) is 4. The van der Waals surface area contributed by atoms with Crippen LogP contribution in [0.2, 0.25) is 0 Å². The Balaban J connectivity index is 2.07. The Hall–Kier alpha value is -3.10. The van der Waals surface area contributed by atoms with Crippen LogP contribution in [0.1, 0.15) is 5.56 Å². The molecule has 0 saturated carbocycles. The molecular weight excluding hydrogens is 367 g/mol. The van der Waals surface area contributed by atoms with Gasteiger partial charge in [-0.05, 0) is 17.7 Å². The third-order valence-corrected chi connectivity index (χ3v) is 3.47. The van der Waals surface area contributed by atoms with Crippen LogP contribution < -0.4 is 24.3 Å². The molecule has 2 aromatic rings. The Morgan fingerprint density at radius 3 is 1.96 bits per heavy atom. The van der Waals surface area contributed by atoms with Crippen LogP contribution in [0.4, 0.5) is 18.9 Å². The van der Waals surface area contributed by atoms with Gasteiger partial charge in [0, 0.05) is 17.8 Å². The molecule has 0 aliphatic carbocycles. The van der Waals surface area contributed by atoms with Gasteiger partial charge in [-0.3, -0.25) is 4.79 Å². The molecule has 0 unspecified atom stereocenters. The highest BCUT2D eigenvalue weighted by Gasteiger charge is 2.30. The van der Waals surface area contributed by atoms with Crippen LogP contribution in [-0.2, 0) is 11.2 Å². The minimum atomic E-state index is -4.76. The average Bonchev–Trinajstić information content (AvgIpc) is 2.61. The van der Waals surface area contributed by atoms with Crippen LogP contribution in [0.5, 0.6) is 23.0 Å². The van der Waals surface area contributed by atoms with Crippen LogP contribution in [0, 0.1) is 0 Å². The molecule has 0 fully saturated rings. The van der Waals surface area contributed by atoms with Gasteiger partial charge in [0.15, 0.2) is 11.5 Å². The maximum absolute atomic E-state index is 12.2. The van der Waals surface area contributed by atoms with Crippen molar-refractivity contribution in [3.63, 3.8) is 0 Å². The Bertz CT molecular complexity index is 766. The molecule has 6 nitrogen and oxygen atoms in total. The number of amides is 1. The van der Waals surface area contributed by atoms with E-state index in [9.17, 15) is 18.0 Å². The number of benzene rings is 2. The molecular formula is C18H18F3NO5. The summed E-state index contributed by atoms with van der Waals surface area (Å²) in [5.74, 6) is 0.421. The van der Waals surface area contributed by atoms with E-state index in [1.54, 1.807) is 12.1 Å². The Morgan fingerprint density at radius 1 is 0.963 bits per heavy atom. The summed E-state index contributed by atoms with van der Waals surface area (Å²) in [6, 6.07) is 8.20. The van der Waals surface area contributed by atoms with Gasteiger partial charge in [0.25, 0.3) is 0 Å². The molecule has 0 saturated heterocycles. The summed E-state index contributed by atoms with van der Waals surface area (Å²) >= 11 is 0. The number of nitrogens with one attached hydrogen (secondary N) is 1. The second-order valence-corrected chi connectivity index (χ2v) is 5.33. The largest absolute Gasteiger partial charge is 0.573 e. The predicted molar refractivity (Wildman–Crippen MR) is 91.6 cm³/mol. The lowest BCUT2D eigenvalue weighted by molar-refractivity contribution is -0.274. The van der Waals surface area contributed by atoms with E-state index in [4.69, 9.17) is 14.2 Å². The van der Waals surface area contributed by atoms with Gasteiger partial charge in [0.05, 0.1) is 27.8 Å². The molecule has 2 rings (SSSR count). The second-order valence-electron chi connectivity index (χ2n) is 5.33. The van der Waals surface area contributed by atoms with Crippen LogP contribution in [0.25, 0.3) is 0 Å². The standard InChI is InChI=1S/C18H18F3NO5/c1-24-14-9-12(10-15(25-2)17(14)26-3)22-16(23)8-11-4-6-13(7-5-11)27-18(19,20)21/h4-7,9-10H,8H2,1-3H3,(H,22,23). The van der Waals surface area contributed by atoms with E-state index in [0.717, 1.165) is 12.1 Å². The lowest BCUT2D eigenvalue weighted by atomic mass is 10.1. The molecule has 27 heavy (non-hydrogen) atoms. The van der Waals surface area contributed by atoms with E-state index in [0.29, 0.717) is 28.5 Å². The zero-order valence-corrected chi connectivity index (χ0v) is 14.8. The number of alkyl halides is 3. The van der Waals surface area contributed by atoms with Gasteiger partial charge in [-0.15, -0.1) is 13.2 Å². The highest BCUT2D eigenvalue weighted by atomic mass is 19.4. The van der Waals surface area contributed by atoms with Crippen LogP contribution in [0.15, 0.2) is 36.4 Å². The normalized spacial score (nSPS) is 10.9. The lowest BCUT2D eigenvalue weighted by Gasteiger charge is -2.14. The second kappa shape index (κ2) is 8.52. The highest BCUT2D eigenvalue weighted by molar-refractivity contribution is 5.93. The molecule has 1 amide bonds. The maximum atomic E-state index is 12.2. The smallest absolute Gasteiger partial charge is 0.493 e. The van der Waals surface area contributed by atoms with E-state index in [2.05, 4.69) is 10.1 Å². The fraction of sp³-hybridized carbons (Fsp3) is 0.278. The maximum Gasteiger partial charge on any atom is 0.573 e. The third-order valence-electron chi connectivity index (χ3n) is 3.47. The summed E-state index contributed by atoms with van der Waals surface area (Å²) in [6.45, 7) is 0. The fourth-order valence-electron chi connectivity index (χ4n) is 2.35. The van der Waals surface area contributed by atoms with E-state index < -0.39 is 6.36 Å². The molecule has 0 aromatic heterocycles. The molecule has 0 aliphatic heterocycles. The Kier molecular flexibility index (Phi) is 6.38. The Labute approximate surface area is 153 Å². The zero-order chi connectivity index (χ0) is 20.0. The Morgan fingerprint density at radius 2 is 1.52 bits per heavy atom. The summed E-state index contributed by atoms with van der Waals surface area (Å²) in [5.41, 5.74) is 0.945. The molecule has 0 heterocycles. The van der Waals surface area contributed by atoms with Crippen molar-refractivity contribution >= 4 is 11.6 Å². The molecule has 9 heteroatoms. The predicted octanol–water partition coefficient (Wildman–Crippen LogP) is 3.79. The van der Waals surface area contributed by atoms with E-state index in [-0.39, 0.29) is 18.1 Å². The van der Waals surface area contributed by atoms with Gasteiger partial charge in [0.2, 0.25) is 11.7 Å². The van der Waals surface area contributed by atoms with Gasteiger partial charge < -0.3 is 24.3 Å². The van der Waals surface area contributed by atoms with Crippen LogP contribution in [-0.4, -0.2) is 33.6 Å². The monoisotopic (exact) mass is 385 g/mol. The first-order chi connectivity index (χ1) is 12.8. The number of methoxy groups -OCH3 is 3. The van der Waals surface area contributed by atoms with Gasteiger partial charge >= 0.3 is 6.36 Å². The summed E-state index contributed by atoms with van der Waals surface area (Å²) in [6.07, 6.45) is -4.80. The number of halogens is 3. The summed E-state index contributed by atoms with van der Waals surface area (Å²) < 4.78 is 55.9. The van der Waals surface area contributed by atoms with Crippen molar-refractivity contribution in [1.29, 1.82) is 0 Å². The lowest BCUT2D eigenvalue weighted by Crippen LogP contribution is -2.17. The SMILES string of the molecule is COc1cc(NC(=O)Cc2ccc(OC(F)(F)F)cc2)cc(OC)c1OC. The molecule has 0 radical (unpaired) electrons. The van der Waals surface area contributed by atoms with Crippen molar-refractivity contribution in [2.45, 2.75) is 12.8 Å². The first-order valence-electron chi connectivity index (χ1n) is 7.70. The van der Waals surface area contributed by atoms with Crippen molar-refractivity contribution in [3.05, 3.63) is 42.0 Å². The van der Waals surface area contributed by atoms with Gasteiger partial charge in [-0.25, -0.2) is 0 Å².